The third-order valence-corrected chi connectivity index (χ3v) is 4.40. The predicted molar refractivity (Wildman–Crippen MR) is 83.2 cm³/mol. The molecule has 1 aromatic carbocycles. The van der Waals surface area contributed by atoms with Crippen LogP contribution in [0.4, 0.5) is 5.69 Å². The van der Waals surface area contributed by atoms with E-state index in [4.69, 9.17) is 11.6 Å². The van der Waals surface area contributed by atoms with Crippen LogP contribution in [-0.4, -0.2) is 25.0 Å². The Morgan fingerprint density at radius 3 is 2.35 bits per heavy atom. The highest BCUT2D eigenvalue weighted by Crippen LogP contribution is 2.14. The molecule has 0 unspecified atom stereocenters. The summed E-state index contributed by atoms with van der Waals surface area (Å²) in [7, 11) is 0. The zero-order chi connectivity index (χ0) is 14.7. The maximum absolute atomic E-state index is 12.3. The van der Waals surface area contributed by atoms with Crippen molar-refractivity contribution in [3.8, 4) is 0 Å². The van der Waals surface area contributed by atoms with Crippen molar-refractivity contribution >= 4 is 23.2 Å². The molecule has 4 heteroatoms. The van der Waals surface area contributed by atoms with Gasteiger partial charge in [-0.2, -0.15) is 0 Å². The fourth-order valence-corrected chi connectivity index (χ4v) is 3.28. The normalized spacial score (nSPS) is 27.9. The number of benzene rings is 1. The van der Waals surface area contributed by atoms with Crippen molar-refractivity contribution in [2.24, 2.45) is 11.8 Å². The number of piperidine rings is 1. The molecule has 1 heterocycles. The van der Waals surface area contributed by atoms with Gasteiger partial charge in [0.05, 0.1) is 13.1 Å². The molecular weight excluding hydrogens is 272 g/mol. The quantitative estimate of drug-likeness (QED) is 0.881. The van der Waals surface area contributed by atoms with Gasteiger partial charge in [-0.3, -0.25) is 4.79 Å². The number of carbonyl (C=O) groups is 1. The largest absolute Gasteiger partial charge is 0.324 e. The standard InChI is InChI=1S/C16H23ClN2O/c1-11-8-12(2)10-19(9-11)13(3)16(20)18-15-6-4-14(17)5-7-15/h4-7,11-13H,8-10H2,1-3H3,(H,18,20)/p+1/t11-,12-,13+/m1/s1. The second-order valence-corrected chi connectivity index (χ2v) is 6.67. The van der Waals surface area contributed by atoms with Gasteiger partial charge in [0.15, 0.2) is 6.04 Å². The highest BCUT2D eigenvalue weighted by atomic mass is 35.5. The lowest BCUT2D eigenvalue weighted by Crippen LogP contribution is -3.18. The number of anilines is 1. The number of halogens is 1. The molecule has 0 aliphatic carbocycles. The minimum Gasteiger partial charge on any atom is -0.324 e. The molecule has 0 bridgehead atoms. The van der Waals surface area contributed by atoms with Crippen LogP contribution in [0.1, 0.15) is 27.2 Å². The summed E-state index contributed by atoms with van der Waals surface area (Å²) < 4.78 is 0. The van der Waals surface area contributed by atoms with Gasteiger partial charge in [-0.15, -0.1) is 0 Å². The van der Waals surface area contributed by atoms with Gasteiger partial charge >= 0.3 is 0 Å². The Balaban J connectivity index is 1.96. The second kappa shape index (κ2) is 6.59. The van der Waals surface area contributed by atoms with Crippen molar-refractivity contribution < 1.29 is 9.69 Å². The summed E-state index contributed by atoms with van der Waals surface area (Å²) in [6.45, 7) is 8.74. The first-order valence-electron chi connectivity index (χ1n) is 7.36. The Labute approximate surface area is 126 Å². The molecule has 110 valence electrons. The molecule has 20 heavy (non-hydrogen) atoms. The van der Waals surface area contributed by atoms with Crippen LogP contribution in [0.25, 0.3) is 0 Å². The minimum atomic E-state index is -0.0177. The highest BCUT2D eigenvalue weighted by molar-refractivity contribution is 6.30. The number of amides is 1. The molecule has 0 spiro atoms. The molecule has 1 amide bonds. The average Bonchev–Trinajstić information content (AvgIpc) is 2.39. The predicted octanol–water partition coefficient (Wildman–Crippen LogP) is 2.23. The Hall–Kier alpha value is -1.06. The maximum Gasteiger partial charge on any atom is 0.282 e. The zero-order valence-corrected chi connectivity index (χ0v) is 13.2. The van der Waals surface area contributed by atoms with Crippen LogP contribution < -0.4 is 10.2 Å². The van der Waals surface area contributed by atoms with Gasteiger partial charge in [-0.1, -0.05) is 25.4 Å². The van der Waals surface area contributed by atoms with Gasteiger partial charge in [0.1, 0.15) is 0 Å². The van der Waals surface area contributed by atoms with E-state index in [2.05, 4.69) is 19.2 Å². The van der Waals surface area contributed by atoms with E-state index in [0.29, 0.717) is 16.9 Å². The van der Waals surface area contributed by atoms with Crippen molar-refractivity contribution in [3.63, 3.8) is 0 Å². The fraction of sp³-hybridized carbons (Fsp3) is 0.562. The van der Waals surface area contributed by atoms with Gasteiger partial charge in [-0.05, 0) is 37.6 Å². The second-order valence-electron chi connectivity index (χ2n) is 6.23. The van der Waals surface area contributed by atoms with E-state index >= 15 is 0 Å². The van der Waals surface area contributed by atoms with Crippen LogP contribution in [0.5, 0.6) is 0 Å². The van der Waals surface area contributed by atoms with Gasteiger partial charge in [-0.25, -0.2) is 0 Å². The summed E-state index contributed by atoms with van der Waals surface area (Å²) in [6.07, 6.45) is 1.27. The first-order valence-corrected chi connectivity index (χ1v) is 7.74. The summed E-state index contributed by atoms with van der Waals surface area (Å²) in [6, 6.07) is 7.24. The van der Waals surface area contributed by atoms with Gasteiger partial charge in [0, 0.05) is 22.5 Å². The molecule has 1 fully saturated rings. The van der Waals surface area contributed by atoms with E-state index in [9.17, 15) is 4.79 Å². The molecule has 2 rings (SSSR count). The topological polar surface area (TPSA) is 33.5 Å². The van der Waals surface area contributed by atoms with Gasteiger partial charge < -0.3 is 10.2 Å². The van der Waals surface area contributed by atoms with Crippen molar-refractivity contribution in [3.05, 3.63) is 29.3 Å². The van der Waals surface area contributed by atoms with Gasteiger partial charge in [0.2, 0.25) is 0 Å². The molecule has 2 N–H and O–H groups in total. The molecular formula is C16H24ClN2O+. The maximum atomic E-state index is 12.3. The summed E-state index contributed by atoms with van der Waals surface area (Å²) in [5.74, 6) is 1.47. The molecule has 1 saturated heterocycles. The number of nitrogens with one attached hydrogen (secondary N) is 2. The number of likely N-dealkylation sites (tertiary alicyclic amines) is 1. The minimum absolute atomic E-state index is 0.0177. The smallest absolute Gasteiger partial charge is 0.282 e. The molecule has 3 atom stereocenters. The number of hydrogen-bond donors (Lipinski definition) is 2. The Bertz CT molecular complexity index is 450. The van der Waals surface area contributed by atoms with Crippen LogP contribution >= 0.6 is 11.6 Å². The van der Waals surface area contributed by atoms with Crippen LogP contribution in [0.15, 0.2) is 24.3 Å². The van der Waals surface area contributed by atoms with E-state index in [0.717, 1.165) is 18.8 Å². The molecule has 0 radical (unpaired) electrons. The van der Waals surface area contributed by atoms with Crippen molar-refractivity contribution in [2.75, 3.05) is 18.4 Å². The van der Waals surface area contributed by atoms with Crippen LogP contribution in [0.2, 0.25) is 5.02 Å². The van der Waals surface area contributed by atoms with Crippen molar-refractivity contribution in [2.45, 2.75) is 33.2 Å². The molecule has 1 aliphatic rings. The summed E-state index contributed by atoms with van der Waals surface area (Å²) >= 11 is 5.85. The van der Waals surface area contributed by atoms with Crippen molar-refractivity contribution in [1.82, 2.24) is 0 Å². The lowest BCUT2D eigenvalue weighted by molar-refractivity contribution is -0.925. The van der Waals surface area contributed by atoms with E-state index in [-0.39, 0.29) is 11.9 Å². The monoisotopic (exact) mass is 295 g/mol. The van der Waals surface area contributed by atoms with E-state index in [1.54, 1.807) is 12.1 Å². The molecule has 0 saturated carbocycles. The molecule has 1 aromatic rings. The Kier molecular flexibility index (Phi) is 5.06. The lowest BCUT2D eigenvalue weighted by Gasteiger charge is -2.35. The molecule has 3 nitrogen and oxygen atoms in total. The fourth-order valence-electron chi connectivity index (χ4n) is 3.15. The molecule has 0 aromatic heterocycles. The van der Waals surface area contributed by atoms with E-state index in [1.807, 2.05) is 19.1 Å². The third kappa shape index (κ3) is 3.97. The SMILES string of the molecule is C[C@@H]1C[C@@H](C)C[NH+]([C@@H](C)C(=O)Nc2ccc(Cl)cc2)C1. The van der Waals surface area contributed by atoms with E-state index < -0.39 is 0 Å². The number of rotatable bonds is 3. The lowest BCUT2D eigenvalue weighted by atomic mass is 9.91. The summed E-state index contributed by atoms with van der Waals surface area (Å²) in [5, 5.41) is 3.66. The number of quaternary nitrogens is 1. The molecule has 1 aliphatic heterocycles. The van der Waals surface area contributed by atoms with Crippen LogP contribution in [0.3, 0.4) is 0 Å². The first-order chi connectivity index (χ1) is 9.45. The zero-order valence-electron chi connectivity index (χ0n) is 12.4. The summed E-state index contributed by atoms with van der Waals surface area (Å²) in [5.41, 5.74) is 0.809. The van der Waals surface area contributed by atoms with Gasteiger partial charge in [0.25, 0.3) is 5.91 Å². The average molecular weight is 296 g/mol. The third-order valence-electron chi connectivity index (χ3n) is 4.14. The Morgan fingerprint density at radius 2 is 1.80 bits per heavy atom. The number of carbonyl (C=O) groups excluding carboxylic acids is 1. The first kappa shape index (κ1) is 15.3. The van der Waals surface area contributed by atoms with Crippen LogP contribution in [0, 0.1) is 11.8 Å². The van der Waals surface area contributed by atoms with Crippen LogP contribution in [-0.2, 0) is 4.79 Å². The highest BCUT2D eigenvalue weighted by Gasteiger charge is 2.32. The number of hydrogen-bond acceptors (Lipinski definition) is 1. The summed E-state index contributed by atoms with van der Waals surface area (Å²) in [4.78, 5) is 13.7. The Morgan fingerprint density at radius 1 is 1.25 bits per heavy atom. The van der Waals surface area contributed by atoms with Crippen molar-refractivity contribution in [1.29, 1.82) is 0 Å². The van der Waals surface area contributed by atoms with E-state index in [1.165, 1.54) is 11.3 Å².